The van der Waals surface area contributed by atoms with Gasteiger partial charge in [-0.3, -0.25) is 0 Å². The molecule has 0 saturated heterocycles. The Balaban J connectivity index is 0.00000192. The fourth-order valence-electron chi connectivity index (χ4n) is 2.36. The van der Waals surface area contributed by atoms with Crippen LogP contribution in [-0.4, -0.2) is 33.2 Å². The van der Waals surface area contributed by atoms with Crippen LogP contribution in [0.5, 0.6) is 0 Å². The molecule has 0 N–H and O–H groups in total. The average molecular weight is 568 g/mol. The third-order valence-electron chi connectivity index (χ3n) is 3.52. The summed E-state index contributed by atoms with van der Waals surface area (Å²) in [7, 11) is 8.32. The molecule has 122 valence electrons. The highest BCUT2D eigenvalue weighted by atomic mass is 125. The SMILES string of the molecule is CN(C)c1ccc2nc3ccc(=[N+](C)C)c([125I])c-3sc2c1[125I].[Cl-]. The molecule has 1 aromatic rings. The molecule has 0 spiro atoms. The van der Waals surface area contributed by atoms with Gasteiger partial charge in [0.2, 0.25) is 5.36 Å². The fourth-order valence-corrected chi connectivity index (χ4v) is 5.93. The lowest BCUT2D eigenvalue weighted by Crippen LogP contribution is -3.00. The highest BCUT2D eigenvalue weighted by Crippen LogP contribution is 2.37. The maximum Gasteiger partial charge on any atom is 0.214 e. The van der Waals surface area contributed by atoms with Crippen LogP contribution in [0.2, 0.25) is 0 Å². The summed E-state index contributed by atoms with van der Waals surface area (Å²) >= 11 is 6.71. The number of aromatic nitrogens is 1. The van der Waals surface area contributed by atoms with Gasteiger partial charge in [0.1, 0.15) is 17.7 Å². The van der Waals surface area contributed by atoms with E-state index in [2.05, 4.69) is 107 Å². The monoisotopic (exact) mass is 567 g/mol. The van der Waals surface area contributed by atoms with Gasteiger partial charge in [-0.1, -0.05) is 0 Å². The predicted octanol–water partition coefficient (Wildman–Crippen LogP) is 0.712. The Kier molecular flexibility index (Phi) is 6.13. The van der Waals surface area contributed by atoms with Crippen LogP contribution in [0.25, 0.3) is 20.8 Å². The lowest BCUT2D eigenvalue weighted by atomic mass is 10.2. The van der Waals surface area contributed by atoms with E-state index in [0.29, 0.717) is 0 Å². The van der Waals surface area contributed by atoms with Crippen molar-refractivity contribution in [3.05, 3.63) is 36.8 Å². The molecule has 0 saturated carbocycles. The van der Waals surface area contributed by atoms with Gasteiger partial charge in [0.05, 0.1) is 30.0 Å². The summed E-state index contributed by atoms with van der Waals surface area (Å²) in [5, 5.41) is 1.24. The zero-order valence-corrected chi connectivity index (χ0v) is 19.1. The second kappa shape index (κ2) is 7.37. The zero-order chi connectivity index (χ0) is 16.0. The van der Waals surface area contributed by atoms with Crippen LogP contribution < -0.4 is 27.2 Å². The van der Waals surface area contributed by atoms with Gasteiger partial charge in [0.25, 0.3) is 0 Å². The van der Waals surface area contributed by atoms with Gasteiger partial charge >= 0.3 is 0 Å². The second-order valence-electron chi connectivity index (χ2n) is 5.50. The van der Waals surface area contributed by atoms with E-state index in [-0.39, 0.29) is 12.4 Å². The van der Waals surface area contributed by atoms with Crippen LogP contribution in [0.1, 0.15) is 0 Å². The highest BCUT2D eigenvalue weighted by molar-refractivity contribution is 14.1. The van der Waals surface area contributed by atoms with Crippen LogP contribution in [0.15, 0.2) is 24.3 Å². The molecule has 0 bridgehead atoms. The van der Waals surface area contributed by atoms with E-state index in [0.717, 1.165) is 11.2 Å². The minimum absolute atomic E-state index is 0. The van der Waals surface area contributed by atoms with E-state index in [1.165, 1.54) is 27.8 Å². The summed E-state index contributed by atoms with van der Waals surface area (Å²) in [5.74, 6) is 0. The zero-order valence-electron chi connectivity index (χ0n) is 13.2. The predicted molar refractivity (Wildman–Crippen MR) is 113 cm³/mol. The summed E-state index contributed by atoms with van der Waals surface area (Å²) in [4.78, 5) is 8.27. The topological polar surface area (TPSA) is 19.1 Å². The smallest absolute Gasteiger partial charge is 0.214 e. The van der Waals surface area contributed by atoms with Gasteiger partial charge in [0, 0.05) is 20.2 Å². The minimum Gasteiger partial charge on any atom is -1.00 e. The maximum absolute atomic E-state index is 4.86. The molecule has 0 atom stereocenters. The second-order valence-corrected chi connectivity index (χ2v) is 8.67. The van der Waals surface area contributed by atoms with E-state index >= 15 is 0 Å². The highest BCUT2D eigenvalue weighted by Gasteiger charge is 2.17. The Morgan fingerprint density at radius 3 is 2.35 bits per heavy atom. The molecule has 0 amide bonds. The number of benzene rings is 2. The third kappa shape index (κ3) is 3.45. The standard InChI is InChI=1S/C16H16I2N3S.ClH/c1-20(2)11-7-5-9-15(13(11)17)22-16-10(19-9)6-8-12(14(16)18)21(3)4;/h5-8H,1-4H3;1H/q+1;/p-1/i17-2,18-2;. The number of hydrogen-bond donors (Lipinski definition) is 0. The van der Waals surface area contributed by atoms with Gasteiger partial charge in [-0.15, -0.1) is 11.3 Å². The lowest BCUT2D eigenvalue weighted by molar-refractivity contribution is -0.00000421. The van der Waals surface area contributed by atoms with Crippen molar-refractivity contribution in [2.45, 2.75) is 0 Å². The molecule has 0 aromatic heterocycles. The van der Waals surface area contributed by atoms with Gasteiger partial charge in [-0.25, -0.2) is 9.56 Å². The van der Waals surface area contributed by atoms with E-state index in [4.69, 9.17) is 4.98 Å². The maximum atomic E-state index is 4.86. The van der Waals surface area contributed by atoms with Crippen LogP contribution in [0.3, 0.4) is 0 Å². The summed E-state index contributed by atoms with van der Waals surface area (Å²) in [5.41, 5.74) is 3.38. The van der Waals surface area contributed by atoms with Crippen molar-refractivity contribution in [1.82, 2.24) is 9.56 Å². The first-order valence-electron chi connectivity index (χ1n) is 6.79. The molecule has 1 heterocycles. The molecule has 1 aromatic carbocycles. The van der Waals surface area contributed by atoms with Crippen LogP contribution in [-0.2, 0) is 0 Å². The van der Waals surface area contributed by atoms with E-state index in [1.807, 2.05) is 11.3 Å². The molecule has 1 aliphatic heterocycles. The van der Waals surface area contributed by atoms with Crippen molar-refractivity contribution in [3.8, 4) is 10.6 Å². The van der Waals surface area contributed by atoms with Crippen molar-refractivity contribution in [1.29, 1.82) is 0 Å². The van der Waals surface area contributed by atoms with Crippen LogP contribution >= 0.6 is 56.5 Å². The van der Waals surface area contributed by atoms with E-state index in [1.54, 1.807) is 0 Å². The number of halogens is 3. The molecule has 3 rings (SSSR count). The lowest BCUT2D eigenvalue weighted by Gasteiger charge is -2.16. The summed E-state index contributed by atoms with van der Waals surface area (Å²) < 4.78 is 5.95. The minimum atomic E-state index is 0. The number of rotatable bonds is 1. The molecule has 7 heteroatoms. The first kappa shape index (κ1) is 19.1. The number of nitrogens with zero attached hydrogens (tertiary/aromatic N) is 3. The van der Waals surface area contributed by atoms with Crippen LogP contribution in [0, 0.1) is 7.14 Å². The molecule has 0 radical (unpaired) electrons. The number of fused-ring (bicyclic) bond motifs is 2. The molecule has 1 aliphatic carbocycles. The number of hydrogen-bond acceptors (Lipinski definition) is 3. The Morgan fingerprint density at radius 1 is 1.04 bits per heavy atom. The van der Waals surface area contributed by atoms with Gasteiger partial charge in [0.15, 0.2) is 0 Å². The van der Waals surface area contributed by atoms with Gasteiger partial charge < -0.3 is 17.3 Å². The van der Waals surface area contributed by atoms with Crippen molar-refractivity contribution in [2.75, 3.05) is 33.1 Å². The first-order valence-corrected chi connectivity index (χ1v) is 9.76. The molecular formula is C16H16ClI2N3S. The summed E-state index contributed by atoms with van der Waals surface area (Å²) in [6.45, 7) is 0. The quantitative estimate of drug-likeness (QED) is 0.245. The molecule has 3 nitrogen and oxygen atoms in total. The molecule has 2 aliphatic rings. The van der Waals surface area contributed by atoms with Crippen molar-refractivity contribution in [2.24, 2.45) is 0 Å². The molecular weight excluding hydrogens is 552 g/mol. The fraction of sp³-hybridized carbons (Fsp3) is 0.250. The van der Waals surface area contributed by atoms with E-state index < -0.39 is 0 Å². The van der Waals surface area contributed by atoms with Crippen molar-refractivity contribution >= 4 is 72.4 Å². The average Bonchev–Trinajstić information content (AvgIpc) is 2.46. The summed E-state index contributed by atoms with van der Waals surface area (Å²) in [6.07, 6.45) is 0. The molecule has 0 fully saturated rings. The Hall–Kier alpha value is -0.190. The Morgan fingerprint density at radius 2 is 1.74 bits per heavy atom. The van der Waals surface area contributed by atoms with Gasteiger partial charge in [-0.2, -0.15) is 0 Å². The largest absolute Gasteiger partial charge is 1.00 e. The third-order valence-corrected chi connectivity index (χ3v) is 7.67. The van der Waals surface area contributed by atoms with Crippen molar-refractivity contribution in [3.63, 3.8) is 0 Å². The normalized spacial score (nSPS) is 10.7. The van der Waals surface area contributed by atoms with Crippen molar-refractivity contribution < 1.29 is 12.4 Å². The molecule has 0 unspecified atom stereocenters. The van der Waals surface area contributed by atoms with Crippen LogP contribution in [0.4, 0.5) is 5.69 Å². The Bertz CT molecular complexity index is 917. The first-order chi connectivity index (χ1) is 10.4. The summed E-state index contributed by atoms with van der Waals surface area (Å²) in [6, 6.07) is 8.54. The Labute approximate surface area is 173 Å². The van der Waals surface area contributed by atoms with E-state index in [9.17, 15) is 0 Å². The van der Waals surface area contributed by atoms with Gasteiger partial charge in [-0.05, 0) is 63.4 Å². The number of anilines is 1. The molecule has 23 heavy (non-hydrogen) atoms.